The molecule has 0 unspecified atom stereocenters. The summed E-state index contributed by atoms with van der Waals surface area (Å²) >= 11 is 0. The minimum absolute atomic E-state index is 0. The molecule has 0 bridgehead atoms. The first-order valence-corrected chi connectivity index (χ1v) is 9.01. The van der Waals surface area contributed by atoms with Gasteiger partial charge >= 0.3 is 0 Å². The standard InChI is InChI=1S/C23H18N4O.ClH/c28-23(17-27-15-14-18-6-4-5-7-19(18)16-27)24-20-10-12-22(13-11-20)26-25-21-8-2-1-3-9-21;/h1-16H,17H2;1H. The van der Waals surface area contributed by atoms with E-state index in [1.165, 1.54) is 0 Å². The smallest absolute Gasteiger partial charge is 0.290 e. The van der Waals surface area contributed by atoms with E-state index in [4.69, 9.17) is 0 Å². The summed E-state index contributed by atoms with van der Waals surface area (Å²) in [4.78, 5) is 12.3. The van der Waals surface area contributed by atoms with Gasteiger partial charge in [0.1, 0.15) is 0 Å². The predicted octanol–water partition coefficient (Wildman–Crippen LogP) is 2.19. The van der Waals surface area contributed by atoms with E-state index in [1.807, 2.05) is 95.8 Å². The molecule has 0 aliphatic rings. The van der Waals surface area contributed by atoms with Crippen molar-refractivity contribution in [2.75, 3.05) is 5.32 Å². The van der Waals surface area contributed by atoms with Crippen LogP contribution in [0.15, 0.2) is 108 Å². The van der Waals surface area contributed by atoms with Crippen LogP contribution >= 0.6 is 0 Å². The van der Waals surface area contributed by atoms with Crippen LogP contribution in [0.4, 0.5) is 17.1 Å². The fourth-order valence-corrected chi connectivity index (χ4v) is 2.86. The van der Waals surface area contributed by atoms with Crippen molar-refractivity contribution >= 4 is 33.7 Å². The zero-order chi connectivity index (χ0) is 19.2. The van der Waals surface area contributed by atoms with Gasteiger partial charge in [0.25, 0.3) is 5.91 Å². The second-order valence-electron chi connectivity index (χ2n) is 6.38. The summed E-state index contributed by atoms with van der Waals surface area (Å²) in [6.45, 7) is 0.250. The Hall–Kier alpha value is -3.57. The van der Waals surface area contributed by atoms with Gasteiger partial charge in [-0.1, -0.05) is 36.4 Å². The fraction of sp³-hybridized carbons (Fsp3) is 0.0435. The molecule has 1 heterocycles. The van der Waals surface area contributed by atoms with Gasteiger partial charge in [0.05, 0.1) is 11.4 Å². The second kappa shape index (κ2) is 9.57. The van der Waals surface area contributed by atoms with E-state index in [0.717, 1.165) is 27.8 Å². The Morgan fingerprint density at radius 1 is 0.759 bits per heavy atom. The summed E-state index contributed by atoms with van der Waals surface area (Å²) in [6, 6.07) is 26.9. The molecule has 0 aliphatic carbocycles. The lowest BCUT2D eigenvalue weighted by molar-refractivity contribution is -0.682. The third-order valence-corrected chi connectivity index (χ3v) is 4.26. The van der Waals surface area contributed by atoms with Crippen LogP contribution in [0, 0.1) is 0 Å². The van der Waals surface area contributed by atoms with E-state index in [0.29, 0.717) is 0 Å². The molecule has 0 saturated carbocycles. The number of carbonyl (C=O) groups excluding carboxylic acids is 1. The van der Waals surface area contributed by atoms with Gasteiger partial charge in [-0.25, -0.2) is 0 Å². The summed E-state index contributed by atoms with van der Waals surface area (Å²) in [6.07, 6.45) is 3.89. The Balaban J connectivity index is 0.00000240. The molecule has 4 aromatic rings. The maximum atomic E-state index is 12.3. The second-order valence-corrected chi connectivity index (χ2v) is 6.38. The van der Waals surface area contributed by atoms with Gasteiger partial charge in [-0.2, -0.15) is 14.8 Å². The van der Waals surface area contributed by atoms with Crippen molar-refractivity contribution in [1.82, 2.24) is 0 Å². The van der Waals surface area contributed by atoms with Crippen molar-refractivity contribution in [3.05, 3.63) is 97.3 Å². The van der Waals surface area contributed by atoms with Crippen LogP contribution in [0.3, 0.4) is 0 Å². The van der Waals surface area contributed by atoms with E-state index in [2.05, 4.69) is 21.6 Å². The highest BCUT2D eigenvalue weighted by Crippen LogP contribution is 2.20. The maximum absolute atomic E-state index is 12.3. The Bertz CT molecular complexity index is 1130. The minimum Gasteiger partial charge on any atom is -1.00 e. The molecule has 144 valence electrons. The number of carbonyl (C=O) groups is 1. The highest BCUT2D eigenvalue weighted by atomic mass is 35.5. The van der Waals surface area contributed by atoms with Gasteiger partial charge in [-0.05, 0) is 47.9 Å². The zero-order valence-electron chi connectivity index (χ0n) is 15.6. The van der Waals surface area contributed by atoms with Crippen molar-refractivity contribution in [3.8, 4) is 0 Å². The number of nitrogens with one attached hydrogen (secondary N) is 1. The third kappa shape index (κ3) is 5.46. The summed E-state index contributed by atoms with van der Waals surface area (Å²) < 4.78 is 1.88. The Morgan fingerprint density at radius 3 is 2.10 bits per heavy atom. The van der Waals surface area contributed by atoms with Crippen molar-refractivity contribution in [3.63, 3.8) is 0 Å². The number of azo groups is 1. The first kappa shape index (κ1) is 20.2. The van der Waals surface area contributed by atoms with Crippen molar-refractivity contribution in [2.24, 2.45) is 10.2 Å². The lowest BCUT2D eigenvalue weighted by atomic mass is 10.2. The lowest BCUT2D eigenvalue weighted by Gasteiger charge is -2.04. The van der Waals surface area contributed by atoms with Gasteiger partial charge < -0.3 is 17.7 Å². The molecule has 6 heteroatoms. The van der Waals surface area contributed by atoms with E-state index in [1.54, 1.807) is 0 Å². The Labute approximate surface area is 175 Å². The van der Waals surface area contributed by atoms with Crippen LogP contribution in [0.25, 0.3) is 10.8 Å². The number of rotatable bonds is 5. The molecule has 0 fully saturated rings. The Morgan fingerprint density at radius 2 is 1.38 bits per heavy atom. The first-order valence-electron chi connectivity index (χ1n) is 9.01. The molecule has 0 radical (unpaired) electrons. The molecule has 3 aromatic carbocycles. The van der Waals surface area contributed by atoms with Crippen molar-refractivity contribution < 1.29 is 21.8 Å². The SMILES string of the molecule is O=C(C[n+]1ccc2ccccc2c1)Nc1ccc(N=Nc2ccccc2)cc1.[Cl-]. The number of benzene rings is 3. The van der Waals surface area contributed by atoms with E-state index in [9.17, 15) is 4.79 Å². The van der Waals surface area contributed by atoms with Crippen LogP contribution in [-0.4, -0.2) is 5.91 Å². The van der Waals surface area contributed by atoms with Crippen LogP contribution in [0.5, 0.6) is 0 Å². The van der Waals surface area contributed by atoms with Gasteiger partial charge in [0.2, 0.25) is 6.54 Å². The fourth-order valence-electron chi connectivity index (χ4n) is 2.86. The largest absolute Gasteiger partial charge is 1.00 e. The van der Waals surface area contributed by atoms with Crippen LogP contribution in [-0.2, 0) is 11.3 Å². The number of halogens is 1. The first-order chi connectivity index (χ1) is 13.8. The average molecular weight is 403 g/mol. The molecule has 1 aromatic heterocycles. The molecule has 0 aliphatic heterocycles. The molecule has 0 saturated heterocycles. The third-order valence-electron chi connectivity index (χ3n) is 4.26. The topological polar surface area (TPSA) is 57.7 Å². The summed E-state index contributed by atoms with van der Waals surface area (Å²) in [7, 11) is 0. The Kier molecular flexibility index (Phi) is 6.66. The molecular formula is C23H19ClN4O. The quantitative estimate of drug-likeness (QED) is 0.404. The predicted molar refractivity (Wildman–Crippen MR) is 110 cm³/mol. The molecule has 0 spiro atoms. The van der Waals surface area contributed by atoms with E-state index in [-0.39, 0.29) is 24.9 Å². The molecule has 4 rings (SSSR count). The number of fused-ring (bicyclic) bond motifs is 1. The van der Waals surface area contributed by atoms with Gasteiger partial charge in [0.15, 0.2) is 12.4 Å². The lowest BCUT2D eigenvalue weighted by Crippen LogP contribution is -3.00. The number of nitrogens with zero attached hydrogens (tertiary/aromatic N) is 3. The number of hydrogen-bond donors (Lipinski definition) is 1. The highest BCUT2D eigenvalue weighted by molar-refractivity contribution is 5.90. The maximum Gasteiger partial charge on any atom is 0.290 e. The molecule has 1 N–H and O–H groups in total. The van der Waals surface area contributed by atoms with Gasteiger partial charge in [-0.3, -0.25) is 4.79 Å². The number of hydrogen-bond acceptors (Lipinski definition) is 3. The molecule has 5 nitrogen and oxygen atoms in total. The van der Waals surface area contributed by atoms with Crippen LogP contribution in [0.2, 0.25) is 0 Å². The monoisotopic (exact) mass is 402 g/mol. The van der Waals surface area contributed by atoms with E-state index < -0.39 is 0 Å². The number of anilines is 1. The van der Waals surface area contributed by atoms with Crippen molar-refractivity contribution in [2.45, 2.75) is 6.54 Å². The zero-order valence-corrected chi connectivity index (χ0v) is 16.3. The van der Waals surface area contributed by atoms with Crippen LogP contribution in [0.1, 0.15) is 0 Å². The van der Waals surface area contributed by atoms with Gasteiger partial charge in [-0.15, -0.1) is 0 Å². The van der Waals surface area contributed by atoms with Crippen molar-refractivity contribution in [1.29, 1.82) is 0 Å². The molecule has 0 atom stereocenters. The summed E-state index contributed by atoms with van der Waals surface area (Å²) in [5.41, 5.74) is 2.25. The normalized spacial score (nSPS) is 10.6. The number of aromatic nitrogens is 1. The highest BCUT2D eigenvalue weighted by Gasteiger charge is 2.10. The van der Waals surface area contributed by atoms with E-state index >= 15 is 0 Å². The molecule has 1 amide bonds. The number of amides is 1. The number of pyridine rings is 1. The molecule has 29 heavy (non-hydrogen) atoms. The minimum atomic E-state index is -0.0843. The molecular weight excluding hydrogens is 384 g/mol. The van der Waals surface area contributed by atoms with Crippen LogP contribution < -0.4 is 22.3 Å². The summed E-state index contributed by atoms with van der Waals surface area (Å²) in [5.74, 6) is -0.0843. The summed E-state index contributed by atoms with van der Waals surface area (Å²) in [5, 5.41) is 13.5. The van der Waals surface area contributed by atoms with Gasteiger partial charge in [0, 0.05) is 17.1 Å². The average Bonchev–Trinajstić information content (AvgIpc) is 2.74.